The smallest absolute Gasteiger partial charge is 0.220 e. The summed E-state index contributed by atoms with van der Waals surface area (Å²) in [5, 5.41) is 3.15. The minimum absolute atomic E-state index is 0.0674. The molecule has 0 bridgehead atoms. The molecule has 0 saturated heterocycles. The third-order valence-electron chi connectivity index (χ3n) is 5.24. The Morgan fingerprint density at radius 2 is 1.75 bits per heavy atom. The molecule has 110 valence electrons. The molecule has 0 spiro atoms. The Morgan fingerprint density at radius 3 is 2.25 bits per heavy atom. The molecule has 0 aromatic heterocycles. The first kappa shape index (κ1) is 15.0. The zero-order chi connectivity index (χ0) is 15.0. The van der Waals surface area contributed by atoms with Crippen molar-refractivity contribution in [2.45, 2.75) is 52.6 Å². The van der Waals surface area contributed by atoms with E-state index in [2.05, 4.69) is 33.0 Å². The number of carbonyl (C=O) groups excluding carboxylic acids is 1. The SMILES string of the molecule is CC1(C)C(NC(=O)CCC(N)c2ccccc2)C1(C)C. The first-order valence-electron chi connectivity index (χ1n) is 7.36. The average molecular weight is 274 g/mol. The highest BCUT2D eigenvalue weighted by atomic mass is 16.1. The van der Waals surface area contributed by atoms with E-state index in [1.54, 1.807) is 0 Å². The fourth-order valence-electron chi connectivity index (χ4n) is 2.94. The largest absolute Gasteiger partial charge is 0.352 e. The summed E-state index contributed by atoms with van der Waals surface area (Å²) in [6.45, 7) is 8.81. The molecule has 3 nitrogen and oxygen atoms in total. The van der Waals surface area contributed by atoms with E-state index in [0.29, 0.717) is 12.8 Å². The number of hydrogen-bond donors (Lipinski definition) is 2. The van der Waals surface area contributed by atoms with E-state index in [4.69, 9.17) is 5.73 Å². The van der Waals surface area contributed by atoms with Gasteiger partial charge < -0.3 is 11.1 Å². The number of hydrogen-bond acceptors (Lipinski definition) is 2. The van der Waals surface area contributed by atoms with Gasteiger partial charge in [-0.05, 0) is 22.8 Å². The summed E-state index contributed by atoms with van der Waals surface area (Å²) in [6.07, 6.45) is 1.17. The zero-order valence-corrected chi connectivity index (χ0v) is 12.9. The number of carbonyl (C=O) groups is 1. The van der Waals surface area contributed by atoms with E-state index in [9.17, 15) is 4.79 Å². The molecule has 1 amide bonds. The molecule has 3 N–H and O–H groups in total. The summed E-state index contributed by atoms with van der Waals surface area (Å²) >= 11 is 0. The molecule has 20 heavy (non-hydrogen) atoms. The van der Waals surface area contributed by atoms with Crippen LogP contribution in [0.4, 0.5) is 0 Å². The van der Waals surface area contributed by atoms with Crippen LogP contribution in [0.2, 0.25) is 0 Å². The average Bonchev–Trinajstić information content (AvgIpc) is 2.79. The highest BCUT2D eigenvalue weighted by Crippen LogP contribution is 2.62. The van der Waals surface area contributed by atoms with Crippen LogP contribution in [0.15, 0.2) is 30.3 Å². The van der Waals surface area contributed by atoms with E-state index < -0.39 is 0 Å². The van der Waals surface area contributed by atoms with Gasteiger partial charge in [0.25, 0.3) is 0 Å². The predicted molar refractivity (Wildman–Crippen MR) is 82.1 cm³/mol. The molecule has 0 radical (unpaired) electrons. The highest BCUT2D eigenvalue weighted by molar-refractivity contribution is 5.77. The minimum atomic E-state index is -0.0674. The second-order valence-corrected chi connectivity index (χ2v) is 7.00. The predicted octanol–water partition coefficient (Wildman–Crippen LogP) is 3.02. The Balaban J connectivity index is 1.80. The van der Waals surface area contributed by atoms with Gasteiger partial charge in [-0.25, -0.2) is 0 Å². The van der Waals surface area contributed by atoms with Gasteiger partial charge in [0.1, 0.15) is 0 Å². The molecule has 0 heterocycles. The lowest BCUT2D eigenvalue weighted by atomic mass is 10.0. The van der Waals surface area contributed by atoms with E-state index >= 15 is 0 Å². The standard InChI is InChI=1S/C17H26N2O/c1-16(2)15(17(16,3)4)19-14(20)11-10-13(18)12-8-6-5-7-9-12/h5-9,13,15H,10-11,18H2,1-4H3,(H,19,20). The van der Waals surface area contributed by atoms with Crippen LogP contribution in [0.3, 0.4) is 0 Å². The molecule has 1 aromatic rings. The maximum Gasteiger partial charge on any atom is 0.220 e. The maximum atomic E-state index is 12.0. The van der Waals surface area contributed by atoms with Gasteiger partial charge in [0.05, 0.1) is 0 Å². The molecule has 1 aliphatic rings. The van der Waals surface area contributed by atoms with Gasteiger partial charge >= 0.3 is 0 Å². The number of rotatable bonds is 5. The van der Waals surface area contributed by atoms with E-state index in [1.165, 1.54) is 0 Å². The zero-order valence-electron chi connectivity index (χ0n) is 12.9. The van der Waals surface area contributed by atoms with E-state index in [1.807, 2.05) is 30.3 Å². The van der Waals surface area contributed by atoms with Crippen molar-refractivity contribution in [3.8, 4) is 0 Å². The van der Waals surface area contributed by atoms with Gasteiger partial charge in [-0.15, -0.1) is 0 Å². The first-order chi connectivity index (χ1) is 9.26. The Hall–Kier alpha value is -1.35. The topological polar surface area (TPSA) is 55.1 Å². The van der Waals surface area contributed by atoms with Crippen LogP contribution in [0.1, 0.15) is 52.1 Å². The summed E-state index contributed by atoms with van der Waals surface area (Å²) < 4.78 is 0. The summed E-state index contributed by atoms with van der Waals surface area (Å²) in [5.74, 6) is 0.111. The molecular formula is C17H26N2O. The van der Waals surface area contributed by atoms with Gasteiger partial charge in [0, 0.05) is 18.5 Å². The summed E-state index contributed by atoms with van der Waals surface area (Å²) in [7, 11) is 0. The fourth-order valence-corrected chi connectivity index (χ4v) is 2.94. The lowest BCUT2D eigenvalue weighted by Crippen LogP contribution is -2.30. The van der Waals surface area contributed by atoms with Crippen LogP contribution in [-0.2, 0) is 4.79 Å². The van der Waals surface area contributed by atoms with E-state index in [-0.39, 0.29) is 28.8 Å². The van der Waals surface area contributed by atoms with Gasteiger partial charge in [-0.1, -0.05) is 58.0 Å². The van der Waals surface area contributed by atoms with Gasteiger partial charge in [-0.2, -0.15) is 0 Å². The van der Waals surface area contributed by atoms with E-state index in [0.717, 1.165) is 5.56 Å². The van der Waals surface area contributed by atoms with Crippen LogP contribution < -0.4 is 11.1 Å². The number of amides is 1. The summed E-state index contributed by atoms with van der Waals surface area (Å²) in [6, 6.07) is 10.2. The maximum absolute atomic E-state index is 12.0. The third kappa shape index (κ3) is 2.73. The second kappa shape index (κ2) is 5.21. The quantitative estimate of drug-likeness (QED) is 0.867. The highest BCUT2D eigenvalue weighted by Gasteiger charge is 2.65. The minimum Gasteiger partial charge on any atom is -0.352 e. The van der Waals surface area contributed by atoms with Crippen molar-refractivity contribution in [3.05, 3.63) is 35.9 Å². The molecular weight excluding hydrogens is 248 g/mol. The molecule has 3 heteroatoms. The monoisotopic (exact) mass is 274 g/mol. The molecule has 1 aliphatic carbocycles. The van der Waals surface area contributed by atoms with Crippen LogP contribution in [-0.4, -0.2) is 11.9 Å². The van der Waals surface area contributed by atoms with Crippen molar-refractivity contribution >= 4 is 5.91 Å². The Kier molecular flexibility index (Phi) is 3.92. The van der Waals surface area contributed by atoms with Crippen molar-refractivity contribution in [1.29, 1.82) is 0 Å². The van der Waals surface area contributed by atoms with Crippen LogP contribution in [0.25, 0.3) is 0 Å². The molecule has 0 aliphatic heterocycles. The van der Waals surface area contributed by atoms with Crippen LogP contribution in [0, 0.1) is 10.8 Å². The fraction of sp³-hybridized carbons (Fsp3) is 0.588. The molecule has 1 aromatic carbocycles. The third-order valence-corrected chi connectivity index (χ3v) is 5.24. The van der Waals surface area contributed by atoms with Crippen molar-refractivity contribution < 1.29 is 4.79 Å². The Labute approximate surface area is 121 Å². The first-order valence-corrected chi connectivity index (χ1v) is 7.36. The van der Waals surface area contributed by atoms with Crippen molar-refractivity contribution in [2.24, 2.45) is 16.6 Å². The van der Waals surface area contributed by atoms with Gasteiger partial charge in [0.15, 0.2) is 0 Å². The molecule has 2 rings (SSSR count). The van der Waals surface area contributed by atoms with Crippen LogP contribution in [0.5, 0.6) is 0 Å². The molecule has 1 unspecified atom stereocenters. The number of nitrogens with one attached hydrogen (secondary N) is 1. The lowest BCUT2D eigenvalue weighted by molar-refractivity contribution is -0.121. The Bertz CT molecular complexity index is 465. The van der Waals surface area contributed by atoms with Gasteiger partial charge in [0.2, 0.25) is 5.91 Å². The van der Waals surface area contributed by atoms with Crippen molar-refractivity contribution in [1.82, 2.24) is 5.32 Å². The normalized spacial score (nSPS) is 21.2. The summed E-state index contributed by atoms with van der Waals surface area (Å²) in [5.41, 5.74) is 7.58. The number of nitrogens with two attached hydrogens (primary N) is 1. The molecule has 1 atom stereocenters. The molecule has 1 saturated carbocycles. The van der Waals surface area contributed by atoms with Crippen molar-refractivity contribution in [2.75, 3.05) is 0 Å². The van der Waals surface area contributed by atoms with Gasteiger partial charge in [-0.3, -0.25) is 4.79 Å². The lowest BCUT2D eigenvalue weighted by Gasteiger charge is -2.12. The van der Waals surface area contributed by atoms with Crippen LogP contribution >= 0.6 is 0 Å². The Morgan fingerprint density at radius 1 is 1.20 bits per heavy atom. The molecule has 1 fully saturated rings. The van der Waals surface area contributed by atoms with Crippen molar-refractivity contribution in [3.63, 3.8) is 0 Å². The second-order valence-electron chi connectivity index (χ2n) is 7.00. The number of benzene rings is 1. The summed E-state index contributed by atoms with van der Waals surface area (Å²) in [4.78, 5) is 12.0.